The van der Waals surface area contributed by atoms with Crippen LogP contribution in [0.15, 0.2) is 24.3 Å². The van der Waals surface area contributed by atoms with Crippen molar-refractivity contribution < 1.29 is 9.63 Å². The minimum atomic E-state index is -0.0623. The summed E-state index contributed by atoms with van der Waals surface area (Å²) >= 11 is 0. The molecule has 1 amide bonds. The number of hydroxylamine groups is 1. The molecule has 4 heteroatoms. The fourth-order valence-corrected chi connectivity index (χ4v) is 1.06. The third kappa shape index (κ3) is 3.55. The topological polar surface area (TPSA) is 50.4 Å². The average molecular weight is 194 g/mol. The van der Waals surface area contributed by atoms with Crippen LogP contribution >= 0.6 is 0 Å². The van der Waals surface area contributed by atoms with E-state index in [-0.39, 0.29) is 5.91 Å². The van der Waals surface area contributed by atoms with E-state index >= 15 is 0 Å². The Morgan fingerprint density at radius 3 is 2.50 bits per heavy atom. The summed E-state index contributed by atoms with van der Waals surface area (Å²) < 4.78 is 0. The molecule has 0 saturated carbocycles. The molecule has 0 bridgehead atoms. The van der Waals surface area contributed by atoms with Gasteiger partial charge >= 0.3 is 0 Å². The molecule has 0 unspecified atom stereocenters. The number of amides is 1. The largest absolute Gasteiger partial charge is 0.326 e. The molecule has 2 N–H and O–H groups in total. The summed E-state index contributed by atoms with van der Waals surface area (Å²) in [6.07, 6.45) is 0. The monoisotopic (exact) mass is 194 g/mol. The molecule has 14 heavy (non-hydrogen) atoms. The second-order valence-electron chi connectivity index (χ2n) is 2.90. The fraction of sp³-hybridized carbons (Fsp3) is 0.300. The molecule has 0 aliphatic rings. The zero-order valence-electron chi connectivity index (χ0n) is 8.33. The number of carbonyl (C=O) groups excluding carboxylic acids is 1. The van der Waals surface area contributed by atoms with Gasteiger partial charge < -0.3 is 10.2 Å². The predicted molar refractivity (Wildman–Crippen MR) is 54.6 cm³/mol. The molecule has 0 aliphatic heterocycles. The van der Waals surface area contributed by atoms with Gasteiger partial charge in [-0.2, -0.15) is 5.48 Å². The quantitative estimate of drug-likeness (QED) is 0.710. The Bertz CT molecular complexity index is 295. The van der Waals surface area contributed by atoms with E-state index in [2.05, 4.69) is 10.8 Å². The summed E-state index contributed by atoms with van der Waals surface area (Å²) in [4.78, 5) is 15.4. The van der Waals surface area contributed by atoms with Crippen molar-refractivity contribution in [3.63, 3.8) is 0 Å². The summed E-state index contributed by atoms with van der Waals surface area (Å²) in [6, 6.07) is 7.57. The second kappa shape index (κ2) is 5.36. The smallest absolute Gasteiger partial charge is 0.221 e. The Kier molecular flexibility index (Phi) is 4.10. The number of hydrogen-bond acceptors (Lipinski definition) is 3. The standard InChI is InChI=1S/C10H14N2O2/c1-8(13)12-10-5-3-9(4-6-10)7-11-14-2/h3-6,11H,7H2,1-2H3,(H,12,13). The SMILES string of the molecule is CONCc1ccc(NC(C)=O)cc1. The third-order valence-electron chi connectivity index (χ3n) is 1.69. The molecule has 0 heterocycles. The zero-order valence-corrected chi connectivity index (χ0v) is 8.33. The van der Waals surface area contributed by atoms with Crippen LogP contribution < -0.4 is 10.8 Å². The van der Waals surface area contributed by atoms with Gasteiger partial charge in [0.25, 0.3) is 0 Å². The van der Waals surface area contributed by atoms with E-state index in [1.807, 2.05) is 24.3 Å². The van der Waals surface area contributed by atoms with Gasteiger partial charge in [-0.1, -0.05) is 12.1 Å². The summed E-state index contributed by atoms with van der Waals surface area (Å²) in [5.41, 5.74) is 4.64. The molecule has 76 valence electrons. The number of carbonyl (C=O) groups is 1. The van der Waals surface area contributed by atoms with Crippen molar-refractivity contribution in [1.29, 1.82) is 0 Å². The summed E-state index contributed by atoms with van der Waals surface area (Å²) in [5, 5.41) is 2.70. The first-order valence-electron chi connectivity index (χ1n) is 4.34. The minimum Gasteiger partial charge on any atom is -0.326 e. The Morgan fingerprint density at radius 1 is 1.36 bits per heavy atom. The van der Waals surface area contributed by atoms with Gasteiger partial charge in [0, 0.05) is 19.2 Å². The van der Waals surface area contributed by atoms with Crippen LogP contribution in [0.25, 0.3) is 0 Å². The van der Waals surface area contributed by atoms with E-state index in [0.29, 0.717) is 6.54 Å². The molecule has 0 fully saturated rings. The number of hydrogen-bond donors (Lipinski definition) is 2. The van der Waals surface area contributed by atoms with Crippen molar-refractivity contribution in [3.05, 3.63) is 29.8 Å². The van der Waals surface area contributed by atoms with Gasteiger partial charge in [-0.3, -0.25) is 4.79 Å². The van der Waals surface area contributed by atoms with Crippen molar-refractivity contribution in [2.24, 2.45) is 0 Å². The van der Waals surface area contributed by atoms with Crippen LogP contribution in [-0.4, -0.2) is 13.0 Å². The highest BCUT2D eigenvalue weighted by molar-refractivity contribution is 5.88. The van der Waals surface area contributed by atoms with Gasteiger partial charge in [0.05, 0.1) is 7.11 Å². The number of rotatable bonds is 4. The van der Waals surface area contributed by atoms with Crippen LogP contribution in [0.3, 0.4) is 0 Å². The summed E-state index contributed by atoms with van der Waals surface area (Å²) in [5.74, 6) is -0.0623. The first kappa shape index (κ1) is 10.7. The minimum absolute atomic E-state index is 0.0623. The number of benzene rings is 1. The van der Waals surface area contributed by atoms with Gasteiger partial charge in [-0.15, -0.1) is 0 Å². The van der Waals surface area contributed by atoms with Crippen molar-refractivity contribution in [2.45, 2.75) is 13.5 Å². The molecule has 0 radical (unpaired) electrons. The molecule has 0 aromatic heterocycles. The highest BCUT2D eigenvalue weighted by Gasteiger charge is 1.95. The van der Waals surface area contributed by atoms with Crippen molar-refractivity contribution in [3.8, 4) is 0 Å². The molecule has 0 saturated heterocycles. The third-order valence-corrected chi connectivity index (χ3v) is 1.69. The normalized spacial score (nSPS) is 9.86. The lowest BCUT2D eigenvalue weighted by Crippen LogP contribution is -2.11. The van der Waals surface area contributed by atoms with Gasteiger partial charge in [0.15, 0.2) is 0 Å². The van der Waals surface area contributed by atoms with Crippen LogP contribution in [-0.2, 0) is 16.2 Å². The molecular formula is C10H14N2O2. The maximum Gasteiger partial charge on any atom is 0.221 e. The van der Waals surface area contributed by atoms with E-state index in [9.17, 15) is 4.79 Å². The molecule has 0 atom stereocenters. The van der Waals surface area contributed by atoms with E-state index in [1.54, 1.807) is 7.11 Å². The average Bonchev–Trinajstić information content (AvgIpc) is 2.16. The van der Waals surface area contributed by atoms with E-state index in [4.69, 9.17) is 4.84 Å². The van der Waals surface area contributed by atoms with E-state index in [0.717, 1.165) is 11.3 Å². The molecule has 4 nitrogen and oxygen atoms in total. The number of anilines is 1. The molecular weight excluding hydrogens is 180 g/mol. The van der Waals surface area contributed by atoms with Crippen molar-refractivity contribution in [1.82, 2.24) is 5.48 Å². The lowest BCUT2D eigenvalue weighted by Gasteiger charge is -2.04. The molecule has 1 rings (SSSR count). The maximum absolute atomic E-state index is 10.7. The lowest BCUT2D eigenvalue weighted by atomic mass is 10.2. The highest BCUT2D eigenvalue weighted by atomic mass is 16.6. The van der Waals surface area contributed by atoms with Gasteiger partial charge in [-0.25, -0.2) is 0 Å². The maximum atomic E-state index is 10.7. The highest BCUT2D eigenvalue weighted by Crippen LogP contribution is 2.08. The summed E-state index contributed by atoms with van der Waals surface area (Å²) in [6.45, 7) is 2.14. The first-order valence-corrected chi connectivity index (χ1v) is 4.34. The van der Waals surface area contributed by atoms with Crippen LogP contribution in [0.1, 0.15) is 12.5 Å². The first-order chi connectivity index (χ1) is 6.72. The van der Waals surface area contributed by atoms with Crippen molar-refractivity contribution >= 4 is 11.6 Å². The fourth-order valence-electron chi connectivity index (χ4n) is 1.06. The Balaban J connectivity index is 2.54. The molecule has 0 aliphatic carbocycles. The van der Waals surface area contributed by atoms with Crippen LogP contribution in [0, 0.1) is 0 Å². The van der Waals surface area contributed by atoms with Gasteiger partial charge in [0.1, 0.15) is 0 Å². The lowest BCUT2D eigenvalue weighted by molar-refractivity contribution is -0.114. The van der Waals surface area contributed by atoms with Crippen molar-refractivity contribution in [2.75, 3.05) is 12.4 Å². The molecule has 0 spiro atoms. The van der Waals surface area contributed by atoms with E-state index in [1.165, 1.54) is 6.92 Å². The van der Waals surface area contributed by atoms with Gasteiger partial charge in [0.2, 0.25) is 5.91 Å². The zero-order chi connectivity index (χ0) is 10.4. The van der Waals surface area contributed by atoms with Crippen LogP contribution in [0.5, 0.6) is 0 Å². The van der Waals surface area contributed by atoms with E-state index < -0.39 is 0 Å². The predicted octanol–water partition coefficient (Wildman–Crippen LogP) is 1.30. The Hall–Kier alpha value is -1.39. The Morgan fingerprint density at radius 2 is 2.00 bits per heavy atom. The molecule has 1 aromatic carbocycles. The Labute approximate surface area is 83.2 Å². The summed E-state index contributed by atoms with van der Waals surface area (Å²) in [7, 11) is 1.58. The number of nitrogens with one attached hydrogen (secondary N) is 2. The van der Waals surface area contributed by atoms with Crippen LogP contribution in [0.4, 0.5) is 5.69 Å². The van der Waals surface area contributed by atoms with Gasteiger partial charge in [-0.05, 0) is 17.7 Å². The second-order valence-corrected chi connectivity index (χ2v) is 2.90. The van der Waals surface area contributed by atoms with Crippen LogP contribution in [0.2, 0.25) is 0 Å². The molecule has 1 aromatic rings.